The van der Waals surface area contributed by atoms with Crippen LogP contribution in [0, 0.1) is 24.6 Å². The number of esters is 1. The fraction of sp³-hybridized carbons (Fsp3) is 0.420. The molecule has 0 spiro atoms. The van der Waals surface area contributed by atoms with Crippen molar-refractivity contribution in [1.29, 1.82) is 0 Å². The van der Waals surface area contributed by atoms with Crippen LogP contribution in [-0.4, -0.2) is 74.1 Å². The van der Waals surface area contributed by atoms with Crippen LogP contribution >= 0.6 is 0 Å². The Kier molecular flexibility index (Phi) is 12.6. The van der Waals surface area contributed by atoms with E-state index in [4.69, 9.17) is 14.5 Å². The van der Waals surface area contributed by atoms with Crippen molar-refractivity contribution in [2.24, 2.45) is 11.8 Å². The Labute approximate surface area is 389 Å². The van der Waals surface area contributed by atoms with E-state index in [2.05, 4.69) is 16.0 Å². The number of carbonyl (C=O) groups is 7. The predicted molar refractivity (Wildman–Crippen MR) is 242 cm³/mol. The summed E-state index contributed by atoms with van der Waals surface area (Å²) in [7, 11) is 0. The minimum atomic E-state index is -2.02. The van der Waals surface area contributed by atoms with E-state index in [9.17, 15) is 43.5 Å². The molecule has 3 aliphatic heterocycles. The molecule has 5 amide bonds. The summed E-state index contributed by atoms with van der Waals surface area (Å²) in [6.07, 6.45) is 6.27. The highest BCUT2D eigenvalue weighted by molar-refractivity contribution is 6.12. The molecule has 4 N–H and O–H groups in total. The number of unbranched alkanes of at least 4 members (excludes halogenated alkanes) is 2. The number of hydrogen-bond donors (Lipinski definition) is 4. The number of amides is 5. The molecular weight excluding hydrogens is 880 g/mol. The van der Waals surface area contributed by atoms with Crippen LogP contribution in [0.4, 0.5) is 14.9 Å². The van der Waals surface area contributed by atoms with Gasteiger partial charge in [0.1, 0.15) is 19.0 Å². The second-order valence-corrected chi connectivity index (χ2v) is 18.2. The van der Waals surface area contributed by atoms with Gasteiger partial charge in [-0.3, -0.25) is 33.7 Å². The van der Waals surface area contributed by atoms with E-state index in [0.29, 0.717) is 108 Å². The maximum atomic E-state index is 15.4. The molecule has 0 radical (unpaired) electrons. The summed E-state index contributed by atoms with van der Waals surface area (Å²) < 4.78 is 27.8. The summed E-state index contributed by atoms with van der Waals surface area (Å²) in [5, 5.41) is 20.6. The molecule has 1 unspecified atom stereocenters. The first-order valence-electron chi connectivity index (χ1n) is 23.1. The van der Waals surface area contributed by atoms with Crippen molar-refractivity contribution in [1.82, 2.24) is 25.1 Å². The number of halogens is 1. The number of carbonyl (C=O) groups excluding carboxylic acids is 7. The first-order chi connectivity index (χ1) is 32.7. The summed E-state index contributed by atoms with van der Waals surface area (Å²) in [5.74, 6) is -3.85. The molecule has 4 aromatic rings. The van der Waals surface area contributed by atoms with Crippen LogP contribution in [0.5, 0.6) is 0 Å². The number of aromatic nitrogens is 2. The number of pyridine rings is 2. The van der Waals surface area contributed by atoms with Crippen molar-refractivity contribution in [2.75, 3.05) is 18.4 Å². The van der Waals surface area contributed by atoms with E-state index in [-0.39, 0.29) is 79.7 Å². The number of alkyl carbamates (subject to hydrolysis) is 1. The van der Waals surface area contributed by atoms with Gasteiger partial charge in [-0.25, -0.2) is 19.0 Å². The van der Waals surface area contributed by atoms with Gasteiger partial charge in [-0.2, -0.15) is 0 Å². The Hall–Kier alpha value is -7.08. The highest BCUT2D eigenvalue weighted by atomic mass is 19.1. The molecule has 68 heavy (non-hydrogen) atoms. The maximum Gasteiger partial charge on any atom is 0.407 e. The number of anilines is 1. The number of Topliss-reactive ketones (excluding diaryl/α,β-unsaturated/α-hetero) is 1. The average Bonchev–Trinajstić information content (AvgIpc) is 4.06. The van der Waals surface area contributed by atoms with Crippen molar-refractivity contribution < 1.29 is 52.5 Å². The smallest absolute Gasteiger partial charge is 0.407 e. The van der Waals surface area contributed by atoms with Gasteiger partial charge in [0.15, 0.2) is 11.4 Å². The third-order valence-corrected chi connectivity index (χ3v) is 14.2. The number of aryl methyl sites for hydroxylation is 1. The molecule has 4 atom stereocenters. The third-order valence-electron chi connectivity index (χ3n) is 14.2. The van der Waals surface area contributed by atoms with E-state index in [1.807, 2.05) is 0 Å². The highest BCUT2D eigenvalue weighted by Crippen LogP contribution is 2.46. The standard InChI is InChI=1S/C50H51FN6O11/c1-3-50(66)34-20-38-45-32(23-57(38)47(63)33(34)25-67-48(50)64)44-36(16-15-29-26(2)35(51)21-37(54-45)43(29)44)55-49(65)68-24-27-11-13-28(14-12-27)53-46(62)31-9-7-8-30(31)39(58)22-52-40(59)10-5-4-6-19-56-41(60)17-18-42(56)61/h11-14,17-18,20-21,30-31,36,66H,3-10,15-16,19,22-25H2,1-2H3,(H,52,59)(H,53,62)(H,55,65)/t30?,31-,36+,50+/m1/s1. The minimum Gasteiger partial charge on any atom is -0.458 e. The van der Waals surface area contributed by atoms with Crippen molar-refractivity contribution in [3.05, 3.63) is 104 Å². The summed E-state index contributed by atoms with van der Waals surface area (Å²) in [4.78, 5) is 109. The van der Waals surface area contributed by atoms with Gasteiger partial charge in [-0.1, -0.05) is 31.9 Å². The number of hydrogen-bond acceptors (Lipinski definition) is 12. The summed E-state index contributed by atoms with van der Waals surface area (Å²) >= 11 is 0. The normalized spacial score (nSPS) is 21.0. The number of nitrogens with zero attached hydrogens (tertiary/aromatic N) is 3. The Morgan fingerprint density at radius 1 is 0.956 bits per heavy atom. The van der Waals surface area contributed by atoms with Crippen LogP contribution in [-0.2, 0) is 70.0 Å². The lowest BCUT2D eigenvalue weighted by Gasteiger charge is -2.31. The number of nitrogens with one attached hydrogen (secondary N) is 3. The highest BCUT2D eigenvalue weighted by Gasteiger charge is 2.46. The van der Waals surface area contributed by atoms with Gasteiger partial charge in [0.2, 0.25) is 11.8 Å². The number of ether oxygens (including phenoxy) is 2. The zero-order valence-corrected chi connectivity index (χ0v) is 37.7. The summed E-state index contributed by atoms with van der Waals surface area (Å²) in [5.41, 5.74) is 2.67. The van der Waals surface area contributed by atoms with Gasteiger partial charge in [0, 0.05) is 65.2 Å². The first kappa shape index (κ1) is 46.0. The van der Waals surface area contributed by atoms with Gasteiger partial charge in [-0.15, -0.1) is 0 Å². The Morgan fingerprint density at radius 2 is 1.71 bits per heavy atom. The van der Waals surface area contributed by atoms with Crippen molar-refractivity contribution in [3.63, 3.8) is 0 Å². The molecule has 354 valence electrons. The van der Waals surface area contributed by atoms with Gasteiger partial charge in [0.25, 0.3) is 17.4 Å². The van der Waals surface area contributed by atoms with Crippen LogP contribution < -0.4 is 21.5 Å². The zero-order chi connectivity index (χ0) is 48.0. The number of aliphatic hydroxyl groups is 1. The predicted octanol–water partition coefficient (Wildman–Crippen LogP) is 4.97. The molecule has 9 rings (SSSR count). The van der Waals surface area contributed by atoms with Crippen molar-refractivity contribution >= 4 is 58.1 Å². The molecule has 5 aliphatic rings. The fourth-order valence-corrected chi connectivity index (χ4v) is 10.4. The topological polar surface area (TPSA) is 232 Å². The first-order valence-corrected chi connectivity index (χ1v) is 23.1. The van der Waals surface area contributed by atoms with E-state index in [1.54, 1.807) is 44.2 Å². The monoisotopic (exact) mass is 930 g/mol. The van der Waals surface area contributed by atoms with E-state index in [0.717, 1.165) is 10.5 Å². The third kappa shape index (κ3) is 8.45. The van der Waals surface area contributed by atoms with E-state index in [1.165, 1.54) is 22.8 Å². The number of ketones is 1. The van der Waals surface area contributed by atoms with Crippen molar-refractivity contribution in [2.45, 2.75) is 109 Å². The molecule has 2 aromatic heterocycles. The minimum absolute atomic E-state index is 0.0244. The molecule has 2 aliphatic carbocycles. The molecule has 0 bridgehead atoms. The Morgan fingerprint density at radius 3 is 2.46 bits per heavy atom. The number of fused-ring (bicyclic) bond motifs is 5. The Bertz CT molecular complexity index is 2890. The lowest BCUT2D eigenvalue weighted by Crippen LogP contribution is -2.44. The molecule has 17 nitrogen and oxygen atoms in total. The lowest BCUT2D eigenvalue weighted by molar-refractivity contribution is -0.172. The van der Waals surface area contributed by atoms with Crippen LogP contribution in [0.1, 0.15) is 110 Å². The van der Waals surface area contributed by atoms with Gasteiger partial charge in [0.05, 0.1) is 41.6 Å². The van der Waals surface area contributed by atoms with Gasteiger partial charge < -0.3 is 35.1 Å². The average molecular weight is 931 g/mol. The van der Waals surface area contributed by atoms with Gasteiger partial charge >= 0.3 is 12.1 Å². The van der Waals surface area contributed by atoms with Crippen LogP contribution in [0.2, 0.25) is 0 Å². The molecule has 1 fully saturated rings. The summed E-state index contributed by atoms with van der Waals surface area (Å²) in [6, 6.07) is 9.11. The molecule has 2 aromatic carbocycles. The largest absolute Gasteiger partial charge is 0.458 e. The summed E-state index contributed by atoms with van der Waals surface area (Å²) in [6.45, 7) is 3.13. The Balaban J connectivity index is 0.802. The number of cyclic esters (lactones) is 1. The quantitative estimate of drug-likeness (QED) is 0.0620. The number of rotatable bonds is 15. The second-order valence-electron chi connectivity index (χ2n) is 18.2. The fourth-order valence-electron chi connectivity index (χ4n) is 10.4. The SMILES string of the molecule is CC[C@@]1(O)C(=O)OCc2c1cc1n(c2=O)Cc2c-1nc1cc(F)c(C)c3c1c2[C@@H](NC(=O)OCc1ccc(NC(=O)[C@@H]2CCCC2C(=O)CNC(=O)CCCCCN2C(=O)C=CC2=O)cc1)CC3. The zero-order valence-electron chi connectivity index (χ0n) is 37.7. The number of imide groups is 1. The second kappa shape index (κ2) is 18.5. The molecule has 1 saturated carbocycles. The maximum absolute atomic E-state index is 15.4. The lowest BCUT2D eigenvalue weighted by atomic mass is 9.81. The molecule has 18 heteroatoms. The number of benzene rings is 2. The molecule has 0 saturated heterocycles. The molecular formula is C50H51FN6O11. The van der Waals surface area contributed by atoms with Crippen LogP contribution in [0.25, 0.3) is 22.3 Å². The molecule has 5 heterocycles. The van der Waals surface area contributed by atoms with E-state index < -0.39 is 46.9 Å². The van der Waals surface area contributed by atoms with Crippen LogP contribution in [0.15, 0.2) is 53.3 Å². The van der Waals surface area contributed by atoms with E-state index >= 15 is 4.39 Å². The van der Waals surface area contributed by atoms with Crippen LogP contribution in [0.3, 0.4) is 0 Å². The van der Waals surface area contributed by atoms with Crippen molar-refractivity contribution in [3.8, 4) is 11.4 Å². The van der Waals surface area contributed by atoms with Gasteiger partial charge in [-0.05, 0) is 92.3 Å².